The van der Waals surface area contributed by atoms with E-state index in [1.807, 2.05) is 0 Å². The Morgan fingerprint density at radius 2 is 2.12 bits per heavy atom. The Kier molecular flexibility index (Phi) is 3.12. The molecule has 1 fully saturated rings. The lowest BCUT2D eigenvalue weighted by Crippen LogP contribution is -2.41. The van der Waals surface area contributed by atoms with Crippen molar-refractivity contribution in [3.8, 4) is 0 Å². The highest BCUT2D eigenvalue weighted by molar-refractivity contribution is 5.91. The number of rotatable bonds is 2. The van der Waals surface area contributed by atoms with Crippen LogP contribution in [0.3, 0.4) is 0 Å². The standard InChI is InChI=1S/C11H15N3O3/c1-7-6-9(17-13-7)11(16)14-4-2-8(3-5-14)10(12)15/h6,8H,2-5H2,1H3,(H2,12,15). The number of amides is 2. The van der Waals surface area contributed by atoms with E-state index in [-0.39, 0.29) is 23.5 Å². The third-order valence-corrected chi connectivity index (χ3v) is 3.02. The van der Waals surface area contributed by atoms with Crippen LogP contribution in [0, 0.1) is 12.8 Å². The van der Waals surface area contributed by atoms with E-state index >= 15 is 0 Å². The fraction of sp³-hybridized carbons (Fsp3) is 0.545. The molecule has 2 amide bonds. The quantitative estimate of drug-likeness (QED) is 0.802. The maximum atomic E-state index is 12.0. The maximum Gasteiger partial charge on any atom is 0.292 e. The van der Waals surface area contributed by atoms with E-state index in [0.29, 0.717) is 31.6 Å². The number of carbonyl (C=O) groups is 2. The minimum absolute atomic E-state index is 0.115. The molecule has 2 N–H and O–H groups in total. The van der Waals surface area contributed by atoms with Crippen LogP contribution in [0.1, 0.15) is 29.1 Å². The Bertz CT molecular complexity index is 433. The molecule has 0 aromatic carbocycles. The van der Waals surface area contributed by atoms with E-state index in [1.54, 1.807) is 17.9 Å². The lowest BCUT2D eigenvalue weighted by Gasteiger charge is -2.29. The van der Waals surface area contributed by atoms with Crippen molar-refractivity contribution in [3.05, 3.63) is 17.5 Å². The van der Waals surface area contributed by atoms with Crippen LogP contribution in [0.2, 0.25) is 0 Å². The van der Waals surface area contributed by atoms with Crippen LogP contribution in [-0.2, 0) is 4.79 Å². The Hall–Kier alpha value is -1.85. The average Bonchev–Trinajstić information content (AvgIpc) is 2.75. The summed E-state index contributed by atoms with van der Waals surface area (Å²) in [6.07, 6.45) is 1.24. The van der Waals surface area contributed by atoms with Gasteiger partial charge in [-0.1, -0.05) is 5.16 Å². The first-order valence-electron chi connectivity index (χ1n) is 5.60. The van der Waals surface area contributed by atoms with Gasteiger partial charge in [0.15, 0.2) is 0 Å². The van der Waals surface area contributed by atoms with Crippen LogP contribution in [-0.4, -0.2) is 35.0 Å². The second kappa shape index (κ2) is 4.57. The summed E-state index contributed by atoms with van der Waals surface area (Å²) >= 11 is 0. The molecule has 0 saturated carbocycles. The summed E-state index contributed by atoms with van der Waals surface area (Å²) in [5.41, 5.74) is 5.91. The molecule has 92 valence electrons. The Morgan fingerprint density at radius 1 is 1.47 bits per heavy atom. The summed E-state index contributed by atoms with van der Waals surface area (Å²) in [6, 6.07) is 1.61. The predicted octanol–water partition coefficient (Wildman–Crippen LogP) is 0.321. The molecule has 1 aliphatic rings. The zero-order valence-electron chi connectivity index (χ0n) is 9.68. The number of nitrogens with two attached hydrogens (primary N) is 1. The van der Waals surface area contributed by atoms with E-state index < -0.39 is 0 Å². The molecule has 1 aliphatic heterocycles. The molecule has 0 atom stereocenters. The topological polar surface area (TPSA) is 89.4 Å². The van der Waals surface area contributed by atoms with Crippen LogP contribution >= 0.6 is 0 Å². The van der Waals surface area contributed by atoms with Crippen molar-refractivity contribution in [1.29, 1.82) is 0 Å². The Labute approximate surface area is 98.7 Å². The second-order valence-corrected chi connectivity index (χ2v) is 4.30. The number of carbonyl (C=O) groups excluding carboxylic acids is 2. The van der Waals surface area contributed by atoms with Crippen molar-refractivity contribution in [2.75, 3.05) is 13.1 Å². The summed E-state index contributed by atoms with van der Waals surface area (Å²) in [4.78, 5) is 24.6. The van der Waals surface area contributed by atoms with Crippen molar-refractivity contribution in [2.45, 2.75) is 19.8 Å². The molecule has 2 heterocycles. The largest absolute Gasteiger partial charge is 0.369 e. The number of likely N-dealkylation sites (tertiary alicyclic amines) is 1. The summed E-state index contributed by atoms with van der Waals surface area (Å²) < 4.78 is 4.92. The Balaban J connectivity index is 1.97. The molecule has 0 spiro atoms. The molecular formula is C11H15N3O3. The number of aryl methyl sites for hydroxylation is 1. The summed E-state index contributed by atoms with van der Waals surface area (Å²) in [7, 11) is 0. The van der Waals surface area contributed by atoms with Gasteiger partial charge in [0.25, 0.3) is 5.91 Å². The minimum atomic E-state index is -0.285. The molecule has 6 nitrogen and oxygen atoms in total. The highest BCUT2D eigenvalue weighted by Crippen LogP contribution is 2.18. The summed E-state index contributed by atoms with van der Waals surface area (Å²) in [5, 5.41) is 3.68. The van der Waals surface area contributed by atoms with E-state index in [4.69, 9.17) is 10.3 Å². The third-order valence-electron chi connectivity index (χ3n) is 3.02. The van der Waals surface area contributed by atoms with Crippen molar-refractivity contribution < 1.29 is 14.1 Å². The summed E-state index contributed by atoms with van der Waals surface area (Å²) in [5.74, 6) is -0.323. The van der Waals surface area contributed by atoms with E-state index in [0.717, 1.165) is 0 Å². The molecule has 1 saturated heterocycles. The van der Waals surface area contributed by atoms with Gasteiger partial charge in [-0.2, -0.15) is 0 Å². The van der Waals surface area contributed by atoms with Crippen molar-refractivity contribution >= 4 is 11.8 Å². The normalized spacial score (nSPS) is 17.1. The van der Waals surface area contributed by atoms with E-state index in [2.05, 4.69) is 5.16 Å². The number of hydrogen-bond donors (Lipinski definition) is 1. The molecule has 17 heavy (non-hydrogen) atoms. The number of piperidine rings is 1. The zero-order chi connectivity index (χ0) is 12.4. The van der Waals surface area contributed by atoms with Gasteiger partial charge in [0, 0.05) is 25.1 Å². The smallest absolute Gasteiger partial charge is 0.292 e. The van der Waals surface area contributed by atoms with Crippen LogP contribution in [0.25, 0.3) is 0 Å². The average molecular weight is 237 g/mol. The van der Waals surface area contributed by atoms with Gasteiger partial charge in [0.1, 0.15) is 0 Å². The van der Waals surface area contributed by atoms with Gasteiger partial charge in [0.2, 0.25) is 11.7 Å². The van der Waals surface area contributed by atoms with Gasteiger partial charge in [-0.3, -0.25) is 9.59 Å². The third kappa shape index (κ3) is 2.46. The van der Waals surface area contributed by atoms with Crippen molar-refractivity contribution in [3.63, 3.8) is 0 Å². The fourth-order valence-corrected chi connectivity index (χ4v) is 1.99. The molecule has 0 radical (unpaired) electrons. The lowest BCUT2D eigenvalue weighted by molar-refractivity contribution is -0.123. The van der Waals surface area contributed by atoms with Crippen molar-refractivity contribution in [1.82, 2.24) is 10.1 Å². The molecular weight excluding hydrogens is 222 g/mol. The van der Waals surface area contributed by atoms with E-state index in [9.17, 15) is 9.59 Å². The van der Waals surface area contributed by atoms with Crippen molar-refractivity contribution in [2.24, 2.45) is 11.7 Å². The number of nitrogens with zero attached hydrogens (tertiary/aromatic N) is 2. The molecule has 1 aromatic rings. The first-order chi connectivity index (χ1) is 8.08. The van der Waals surface area contributed by atoms with Gasteiger partial charge in [-0.05, 0) is 19.8 Å². The number of aromatic nitrogens is 1. The molecule has 2 rings (SSSR count). The van der Waals surface area contributed by atoms with Gasteiger partial charge in [-0.25, -0.2) is 0 Å². The molecule has 0 aliphatic carbocycles. The summed E-state index contributed by atoms with van der Waals surface area (Å²) in [6.45, 7) is 2.83. The lowest BCUT2D eigenvalue weighted by atomic mass is 9.96. The van der Waals surface area contributed by atoms with Crippen LogP contribution in [0.15, 0.2) is 10.6 Å². The second-order valence-electron chi connectivity index (χ2n) is 4.30. The number of primary amides is 1. The predicted molar refractivity (Wildman–Crippen MR) is 59.1 cm³/mol. The molecule has 0 unspecified atom stereocenters. The molecule has 0 bridgehead atoms. The first kappa shape index (κ1) is 11.6. The fourth-order valence-electron chi connectivity index (χ4n) is 1.99. The highest BCUT2D eigenvalue weighted by atomic mass is 16.5. The van der Waals surface area contributed by atoms with Crippen LogP contribution in [0.4, 0.5) is 0 Å². The van der Waals surface area contributed by atoms with Gasteiger partial charge in [-0.15, -0.1) is 0 Å². The van der Waals surface area contributed by atoms with Crippen LogP contribution in [0.5, 0.6) is 0 Å². The van der Waals surface area contributed by atoms with E-state index in [1.165, 1.54) is 0 Å². The minimum Gasteiger partial charge on any atom is -0.369 e. The van der Waals surface area contributed by atoms with Crippen LogP contribution < -0.4 is 5.73 Å². The van der Waals surface area contributed by atoms with Gasteiger partial charge < -0.3 is 15.2 Å². The highest BCUT2D eigenvalue weighted by Gasteiger charge is 2.27. The first-order valence-corrected chi connectivity index (χ1v) is 5.60. The molecule has 6 heteroatoms. The van der Waals surface area contributed by atoms with Gasteiger partial charge in [0.05, 0.1) is 5.69 Å². The maximum absolute atomic E-state index is 12.0. The Morgan fingerprint density at radius 3 is 2.59 bits per heavy atom. The monoisotopic (exact) mass is 237 g/mol. The zero-order valence-corrected chi connectivity index (χ0v) is 9.68. The number of hydrogen-bond acceptors (Lipinski definition) is 4. The van der Waals surface area contributed by atoms with Gasteiger partial charge >= 0.3 is 0 Å². The molecule has 1 aromatic heterocycles. The SMILES string of the molecule is Cc1cc(C(=O)N2CCC(C(N)=O)CC2)on1.